The van der Waals surface area contributed by atoms with Gasteiger partial charge in [-0.1, -0.05) is 0 Å². The van der Waals surface area contributed by atoms with Gasteiger partial charge in [-0.2, -0.15) is 0 Å². The fourth-order valence-electron chi connectivity index (χ4n) is 0.826. The molecule has 1 aliphatic rings. The molecule has 49 valence electrons. The van der Waals surface area contributed by atoms with E-state index in [-0.39, 0.29) is 0 Å². The molecule has 0 unspecified atom stereocenters. The van der Waals surface area contributed by atoms with Crippen LogP contribution in [0.25, 0.3) is 0 Å². The molecule has 0 saturated carbocycles. The quantitative estimate of drug-likeness (QED) is 0.363. The van der Waals surface area contributed by atoms with Gasteiger partial charge in [0, 0.05) is 20.2 Å². The van der Waals surface area contributed by atoms with Crippen LogP contribution in [0.5, 0.6) is 0 Å². The highest BCUT2D eigenvalue weighted by atomic mass is 16.5. The smallest absolute Gasteiger partial charge is 0.293 e. The van der Waals surface area contributed by atoms with E-state index in [1.807, 2.05) is 4.81 Å². The average Bonchev–Trinajstić information content (AvgIpc) is 1.77. The summed E-state index contributed by atoms with van der Waals surface area (Å²) in [4.78, 5) is 11.8. The molecular weight excluding hydrogens is 117 g/mol. The topological polar surface area (TPSA) is 29.5 Å². The summed E-state index contributed by atoms with van der Waals surface area (Å²) in [6.07, 6.45) is 1.13. The van der Waals surface area contributed by atoms with Crippen molar-refractivity contribution in [1.29, 1.82) is 0 Å². The van der Waals surface area contributed by atoms with Crippen LogP contribution in [0, 0.1) is 0 Å². The molecule has 3 nitrogen and oxygen atoms in total. The minimum atomic E-state index is 0.334. The molecule has 1 aliphatic heterocycles. The largest absolute Gasteiger partial charge is 0.379 e. The van der Waals surface area contributed by atoms with Gasteiger partial charge < -0.3 is 14.3 Å². The maximum absolute atomic E-state index is 9.87. The van der Waals surface area contributed by atoms with Gasteiger partial charge in [-0.15, -0.1) is 0 Å². The lowest BCUT2D eigenvalue weighted by Gasteiger charge is -2.36. The van der Waals surface area contributed by atoms with Crippen LogP contribution in [0.3, 0.4) is 0 Å². The predicted molar refractivity (Wildman–Crippen MR) is 34.9 cm³/mol. The molecule has 0 aromatic heterocycles. The monoisotopic (exact) mass is 126 g/mol. The highest BCUT2D eigenvalue weighted by Gasteiger charge is 2.25. The van der Waals surface area contributed by atoms with Crippen molar-refractivity contribution in [3.05, 3.63) is 0 Å². The fraction of sp³-hybridized carbons (Fsp3) is 0.800. The lowest BCUT2D eigenvalue weighted by molar-refractivity contribution is 0.0121. The maximum Gasteiger partial charge on any atom is 0.293 e. The first-order valence-electron chi connectivity index (χ1n) is 2.92. The van der Waals surface area contributed by atoms with Crippen molar-refractivity contribution in [3.8, 4) is 0 Å². The number of carbonyl (C=O) groups excluding carboxylic acids is 1. The van der Waals surface area contributed by atoms with E-state index in [1.165, 1.54) is 7.41 Å². The molecule has 1 rings (SSSR count). The van der Waals surface area contributed by atoms with Crippen LogP contribution >= 0.6 is 0 Å². The summed E-state index contributed by atoms with van der Waals surface area (Å²) in [5.74, 6) is 0. The van der Waals surface area contributed by atoms with Crippen LogP contribution in [0.1, 0.15) is 0 Å². The minimum absolute atomic E-state index is 0.334. The Kier molecular flexibility index (Phi) is 2.25. The van der Waals surface area contributed by atoms with E-state index in [1.54, 1.807) is 7.11 Å². The zero-order valence-electron chi connectivity index (χ0n) is 5.41. The van der Waals surface area contributed by atoms with Gasteiger partial charge in [-0.3, -0.25) is 0 Å². The number of rotatable bonds is 3. The SMILES string of the molecule is COC1CN([B]C=O)C1. The summed E-state index contributed by atoms with van der Waals surface area (Å²) >= 11 is 0. The van der Waals surface area contributed by atoms with Gasteiger partial charge in [0.2, 0.25) is 0 Å². The first-order valence-corrected chi connectivity index (χ1v) is 2.92. The normalized spacial score (nSPS) is 21.0. The van der Waals surface area contributed by atoms with Gasteiger partial charge in [0.25, 0.3) is 7.41 Å². The van der Waals surface area contributed by atoms with Gasteiger partial charge in [-0.25, -0.2) is 0 Å². The zero-order chi connectivity index (χ0) is 6.69. The molecule has 0 bridgehead atoms. The van der Waals surface area contributed by atoms with Crippen LogP contribution in [-0.4, -0.2) is 44.7 Å². The third-order valence-corrected chi connectivity index (χ3v) is 1.48. The molecule has 0 N–H and O–H groups in total. The maximum atomic E-state index is 9.87. The van der Waals surface area contributed by atoms with Gasteiger partial charge in [0.1, 0.15) is 0 Å². The van der Waals surface area contributed by atoms with Gasteiger partial charge in [0.15, 0.2) is 0 Å². The van der Waals surface area contributed by atoms with E-state index >= 15 is 0 Å². The Morgan fingerprint density at radius 1 is 1.78 bits per heavy atom. The third kappa shape index (κ3) is 1.53. The summed E-state index contributed by atoms with van der Waals surface area (Å²) in [7, 11) is 3.22. The van der Waals surface area contributed by atoms with E-state index < -0.39 is 0 Å². The molecular formula is C5H9BNO2. The Morgan fingerprint density at radius 2 is 2.44 bits per heavy atom. The van der Waals surface area contributed by atoms with Gasteiger partial charge in [-0.05, 0) is 0 Å². The number of nitrogens with zero attached hydrogens (tertiary/aromatic N) is 1. The molecule has 0 aliphatic carbocycles. The average molecular weight is 126 g/mol. The van der Waals surface area contributed by atoms with Crippen LogP contribution in [0.2, 0.25) is 0 Å². The number of carbonyl (C=O) groups is 1. The Hall–Kier alpha value is -0.345. The fourth-order valence-corrected chi connectivity index (χ4v) is 0.826. The Morgan fingerprint density at radius 3 is 2.89 bits per heavy atom. The van der Waals surface area contributed by atoms with E-state index in [2.05, 4.69) is 0 Å². The Balaban J connectivity index is 2.04. The standard InChI is InChI=1S/C5H9BNO2/c1-9-5-2-7(3-5)6-4-8/h4-5H,2-3H2,1H3. The lowest BCUT2D eigenvalue weighted by atomic mass is 9.89. The molecule has 0 aromatic carbocycles. The zero-order valence-corrected chi connectivity index (χ0v) is 5.41. The minimum Gasteiger partial charge on any atom is -0.379 e. The number of hydrogen-bond donors (Lipinski definition) is 0. The molecule has 1 saturated heterocycles. The van der Waals surface area contributed by atoms with Crippen molar-refractivity contribution in [2.75, 3.05) is 20.2 Å². The van der Waals surface area contributed by atoms with Crippen LogP contribution in [0.15, 0.2) is 0 Å². The van der Waals surface area contributed by atoms with Gasteiger partial charge in [0.05, 0.1) is 12.3 Å². The number of hydrogen-bond acceptors (Lipinski definition) is 3. The third-order valence-electron chi connectivity index (χ3n) is 1.48. The second-order valence-electron chi connectivity index (χ2n) is 2.10. The van der Waals surface area contributed by atoms with Crippen LogP contribution in [0.4, 0.5) is 0 Å². The molecule has 9 heavy (non-hydrogen) atoms. The second kappa shape index (κ2) is 2.99. The molecule has 4 heteroatoms. The van der Waals surface area contributed by atoms with E-state index in [9.17, 15) is 4.79 Å². The van der Waals surface area contributed by atoms with Crippen molar-refractivity contribution in [2.24, 2.45) is 0 Å². The summed E-state index contributed by atoms with van der Waals surface area (Å²) in [6, 6.07) is 0. The molecule has 1 fully saturated rings. The summed E-state index contributed by atoms with van der Waals surface area (Å²) < 4.78 is 4.99. The highest BCUT2D eigenvalue weighted by Crippen LogP contribution is 2.06. The Bertz CT molecular complexity index is 103. The molecule has 0 aromatic rings. The molecule has 0 atom stereocenters. The van der Waals surface area contributed by atoms with Crippen molar-refractivity contribution in [1.82, 2.24) is 4.81 Å². The molecule has 1 radical (unpaired) electrons. The van der Waals surface area contributed by atoms with Crippen molar-refractivity contribution < 1.29 is 9.53 Å². The van der Waals surface area contributed by atoms with Crippen molar-refractivity contribution in [3.63, 3.8) is 0 Å². The molecule has 0 amide bonds. The molecule has 1 heterocycles. The van der Waals surface area contributed by atoms with Crippen molar-refractivity contribution in [2.45, 2.75) is 6.10 Å². The van der Waals surface area contributed by atoms with Crippen LogP contribution < -0.4 is 0 Å². The lowest BCUT2D eigenvalue weighted by Crippen LogP contribution is -2.53. The summed E-state index contributed by atoms with van der Waals surface area (Å²) in [5, 5.41) is 0. The predicted octanol–water partition coefficient (Wildman–Crippen LogP) is -0.874. The number of ether oxygens (including phenoxy) is 1. The Labute approximate surface area is 55.2 Å². The second-order valence-corrected chi connectivity index (χ2v) is 2.10. The highest BCUT2D eigenvalue weighted by molar-refractivity contribution is 6.64. The van der Waals surface area contributed by atoms with E-state index in [4.69, 9.17) is 4.74 Å². The first kappa shape index (κ1) is 6.77. The first-order chi connectivity index (χ1) is 4.36. The molecule has 0 spiro atoms. The van der Waals surface area contributed by atoms with Crippen LogP contribution in [-0.2, 0) is 9.53 Å². The summed E-state index contributed by atoms with van der Waals surface area (Å²) in [5.41, 5.74) is 0. The summed E-state index contributed by atoms with van der Waals surface area (Å²) in [6.45, 7) is 1.71. The number of methoxy groups -OCH3 is 1. The van der Waals surface area contributed by atoms with Crippen molar-refractivity contribution >= 4 is 13.6 Å². The van der Waals surface area contributed by atoms with E-state index in [0.717, 1.165) is 19.3 Å². The van der Waals surface area contributed by atoms with E-state index in [0.29, 0.717) is 6.10 Å². The van der Waals surface area contributed by atoms with Gasteiger partial charge >= 0.3 is 0 Å².